The van der Waals surface area contributed by atoms with Gasteiger partial charge in [-0.3, -0.25) is 28.9 Å². The summed E-state index contributed by atoms with van der Waals surface area (Å²) >= 11 is 0. The van der Waals surface area contributed by atoms with Crippen molar-refractivity contribution in [3.63, 3.8) is 0 Å². The van der Waals surface area contributed by atoms with Crippen LogP contribution in [0, 0.1) is 34.8 Å². The van der Waals surface area contributed by atoms with Gasteiger partial charge in [-0.2, -0.15) is 0 Å². The van der Waals surface area contributed by atoms with Crippen molar-refractivity contribution in [2.24, 2.45) is 23.2 Å². The average Bonchev–Trinajstić information content (AvgIpc) is 4.25. The molecule has 11 rings (SSSR count). The van der Waals surface area contributed by atoms with Crippen molar-refractivity contribution in [3.8, 4) is 0 Å². The number of halogens is 2. The van der Waals surface area contributed by atoms with Gasteiger partial charge in [0.05, 0.1) is 36.0 Å². The molecule has 0 bridgehead atoms. The standard InChI is InChI=1S/C62H86F2N12O6/c1-39(65-4)58(79)70-57(41-12-6-5-7-13-41)60(81)76-34-45(28-52(76)59(80)69-50-16-10-14-40-11-8-9-15-47(40)50)68-56(78)36-82-46-25-42-32-74(33-43(42)26-46)54-30-53(66-38-67-54)73-23-19-62(20-24-73)37-75(35-55(77)71-62)51-29-48(63)44(27-49(51)64)31-72-21-17-61(2,3)18-22-72/h8-9,11,15,27,29-30,38-39,41-43,45-46,50,52,57,65H,5-7,10,12-14,16-26,28,31-37H2,1-4H3,(H,68,78)(H,69,80)(H,70,79)(H,71,77)/t39-,42-,43+,45?,46?,50-,52-,57-/m0/s1. The molecule has 7 fully saturated rings. The van der Waals surface area contributed by atoms with Gasteiger partial charge < -0.3 is 50.9 Å². The number of nitrogens with zero attached hydrogens (tertiary/aromatic N) is 7. The Labute approximate surface area is 482 Å². The fraction of sp³-hybridized carbons (Fsp3) is 0.661. The van der Waals surface area contributed by atoms with E-state index in [4.69, 9.17) is 9.72 Å². The number of amides is 5. The SMILES string of the molecule is CN[C@@H](C)C(=O)N[C@H](C(=O)N1CC(NC(=O)COC2C[C@@H]3CN(c4cc(N5CCC6(CC5)CN(c5cc(F)c(CN7CCC(C)(C)CC7)cc5F)CC(=O)N6)ncn4)C[C@@H]3C2)C[C@H]1C(=O)N[C@H]1CCCc2ccccc21)C1CCCCC1. The van der Waals surface area contributed by atoms with Crippen LogP contribution in [0.3, 0.4) is 0 Å². The van der Waals surface area contributed by atoms with Crippen molar-refractivity contribution in [1.82, 2.24) is 46.4 Å². The van der Waals surface area contributed by atoms with E-state index < -0.39 is 41.3 Å². The molecule has 0 radical (unpaired) electrons. The molecule has 2 unspecified atom stereocenters. The number of carbonyl (C=O) groups is 5. The van der Waals surface area contributed by atoms with E-state index in [0.29, 0.717) is 56.4 Å². The monoisotopic (exact) mass is 1130 g/mol. The molecule has 5 saturated heterocycles. The Bertz CT molecular complexity index is 2800. The van der Waals surface area contributed by atoms with Crippen LogP contribution < -0.4 is 41.3 Å². The highest BCUT2D eigenvalue weighted by molar-refractivity contribution is 5.94. The number of fused-ring (bicyclic) bond motifs is 2. The van der Waals surface area contributed by atoms with Crippen molar-refractivity contribution in [1.29, 1.82) is 0 Å². The van der Waals surface area contributed by atoms with E-state index in [0.717, 1.165) is 120 Å². The van der Waals surface area contributed by atoms with Gasteiger partial charge in [0.1, 0.15) is 48.3 Å². The second-order valence-electron chi connectivity index (χ2n) is 26.1. The largest absolute Gasteiger partial charge is 0.368 e. The van der Waals surface area contributed by atoms with E-state index >= 15 is 8.78 Å². The normalized spacial score (nSPS) is 27.1. The van der Waals surface area contributed by atoms with Crippen molar-refractivity contribution in [3.05, 3.63) is 77.1 Å². The molecule has 2 saturated carbocycles. The van der Waals surface area contributed by atoms with E-state index in [1.165, 1.54) is 17.7 Å². The molecule has 8 atom stereocenters. The third kappa shape index (κ3) is 13.0. The summed E-state index contributed by atoms with van der Waals surface area (Å²) in [6.07, 6.45) is 14.0. The molecular weight excluding hydrogens is 1050 g/mol. The highest BCUT2D eigenvalue weighted by Gasteiger charge is 2.47. The van der Waals surface area contributed by atoms with Crippen LogP contribution in [-0.4, -0.2) is 158 Å². The minimum absolute atomic E-state index is 0.0379. The molecule has 6 heterocycles. The summed E-state index contributed by atoms with van der Waals surface area (Å²) in [5.74, 6) is 0.0590. The molecule has 5 N–H and O–H groups in total. The van der Waals surface area contributed by atoms with Crippen LogP contribution in [0.2, 0.25) is 0 Å². The van der Waals surface area contributed by atoms with Gasteiger partial charge in [0.15, 0.2) is 0 Å². The number of piperidine rings is 2. The van der Waals surface area contributed by atoms with Crippen LogP contribution in [-0.2, 0) is 41.7 Å². The van der Waals surface area contributed by atoms with Crippen molar-refractivity contribution in [2.45, 2.75) is 165 Å². The van der Waals surface area contributed by atoms with Crippen LogP contribution in [0.5, 0.6) is 0 Å². The summed E-state index contributed by atoms with van der Waals surface area (Å²) in [7, 11) is 1.71. The van der Waals surface area contributed by atoms with Gasteiger partial charge in [-0.25, -0.2) is 18.7 Å². The van der Waals surface area contributed by atoms with Crippen molar-refractivity contribution in [2.75, 3.05) is 87.3 Å². The van der Waals surface area contributed by atoms with Gasteiger partial charge in [0.25, 0.3) is 0 Å². The number of piperazine rings is 1. The molecule has 82 heavy (non-hydrogen) atoms. The number of hydrogen-bond acceptors (Lipinski definition) is 13. The zero-order chi connectivity index (χ0) is 57.3. The van der Waals surface area contributed by atoms with Crippen LogP contribution in [0.1, 0.15) is 133 Å². The molecule has 3 aromatic rings. The zero-order valence-corrected chi connectivity index (χ0v) is 48.5. The minimum Gasteiger partial charge on any atom is -0.368 e. The van der Waals surface area contributed by atoms with E-state index in [-0.39, 0.29) is 84.8 Å². The summed E-state index contributed by atoms with van der Waals surface area (Å²) in [4.78, 5) is 89.0. The van der Waals surface area contributed by atoms with E-state index in [1.54, 1.807) is 30.1 Å². The molecule has 20 heteroatoms. The lowest BCUT2D eigenvalue weighted by Crippen LogP contribution is -2.66. The summed E-state index contributed by atoms with van der Waals surface area (Å²) in [5, 5.41) is 15.7. The number of aryl methyl sites for hydroxylation is 1. The van der Waals surface area contributed by atoms with Crippen LogP contribution in [0.15, 0.2) is 48.8 Å². The molecule has 444 valence electrons. The maximum atomic E-state index is 15.8. The first kappa shape index (κ1) is 57.8. The molecular formula is C62H86F2N12O6. The summed E-state index contributed by atoms with van der Waals surface area (Å²) in [5.41, 5.74) is 2.45. The minimum atomic E-state index is -0.829. The lowest BCUT2D eigenvalue weighted by Gasteiger charge is -2.48. The van der Waals surface area contributed by atoms with Crippen LogP contribution in [0.25, 0.3) is 0 Å². The smallest absolute Gasteiger partial charge is 0.246 e. The lowest BCUT2D eigenvalue weighted by molar-refractivity contribution is -0.143. The summed E-state index contributed by atoms with van der Waals surface area (Å²) < 4.78 is 37.8. The third-order valence-corrected chi connectivity index (χ3v) is 19.9. The van der Waals surface area contributed by atoms with Gasteiger partial charge in [0, 0.05) is 69.6 Å². The topological polar surface area (TPSA) is 197 Å². The Hall–Kier alpha value is -5.99. The Balaban J connectivity index is 0.667. The summed E-state index contributed by atoms with van der Waals surface area (Å²) in [6, 6.07) is 10.0. The molecule has 5 amide bonds. The average molecular weight is 1130 g/mol. The summed E-state index contributed by atoms with van der Waals surface area (Å²) in [6.45, 7) is 11.5. The molecule has 8 aliphatic rings. The number of ether oxygens (including phenoxy) is 1. The number of rotatable bonds is 16. The van der Waals surface area contributed by atoms with E-state index in [9.17, 15) is 24.0 Å². The predicted octanol–water partition coefficient (Wildman–Crippen LogP) is 5.54. The maximum absolute atomic E-state index is 15.8. The van der Waals surface area contributed by atoms with Crippen LogP contribution in [0.4, 0.5) is 26.1 Å². The first-order valence-electron chi connectivity index (χ1n) is 30.6. The van der Waals surface area contributed by atoms with Gasteiger partial charge in [-0.05, 0) is 144 Å². The fourth-order valence-electron chi connectivity index (χ4n) is 14.8. The molecule has 1 spiro atoms. The Morgan fingerprint density at radius 2 is 1.54 bits per heavy atom. The highest BCUT2D eigenvalue weighted by Crippen LogP contribution is 2.42. The number of benzene rings is 2. The first-order chi connectivity index (χ1) is 39.5. The maximum Gasteiger partial charge on any atom is 0.246 e. The molecule has 18 nitrogen and oxygen atoms in total. The van der Waals surface area contributed by atoms with E-state index in [1.807, 2.05) is 18.2 Å². The Kier molecular flexibility index (Phi) is 17.4. The molecule has 5 aliphatic heterocycles. The number of nitrogens with one attached hydrogen (secondary N) is 5. The van der Waals surface area contributed by atoms with Gasteiger partial charge in [0.2, 0.25) is 29.5 Å². The number of aromatic nitrogens is 2. The number of hydrogen-bond donors (Lipinski definition) is 5. The third-order valence-electron chi connectivity index (χ3n) is 19.9. The second-order valence-corrected chi connectivity index (χ2v) is 26.1. The Morgan fingerprint density at radius 1 is 0.817 bits per heavy atom. The number of likely N-dealkylation sites (tertiary alicyclic amines) is 2. The zero-order valence-electron chi connectivity index (χ0n) is 48.5. The lowest BCUT2D eigenvalue weighted by atomic mass is 9.82. The molecule has 2 aromatic carbocycles. The number of likely N-dealkylation sites (N-methyl/N-ethyl adjacent to an activating group) is 1. The number of anilines is 3. The Morgan fingerprint density at radius 3 is 2.27 bits per heavy atom. The second kappa shape index (κ2) is 24.7. The van der Waals surface area contributed by atoms with E-state index in [2.05, 4.69) is 72.2 Å². The predicted molar refractivity (Wildman–Crippen MR) is 309 cm³/mol. The van der Waals surface area contributed by atoms with Crippen molar-refractivity contribution >= 4 is 46.9 Å². The van der Waals surface area contributed by atoms with Crippen LogP contribution >= 0.6 is 0 Å². The first-order valence-corrected chi connectivity index (χ1v) is 30.6. The highest BCUT2D eigenvalue weighted by atomic mass is 19.1. The fourth-order valence-corrected chi connectivity index (χ4v) is 14.8. The van der Waals surface area contributed by atoms with Gasteiger partial charge in [-0.1, -0.05) is 57.4 Å². The van der Waals surface area contributed by atoms with Gasteiger partial charge >= 0.3 is 0 Å². The molecule has 3 aliphatic carbocycles. The molecule has 1 aromatic heterocycles. The number of carbonyl (C=O) groups excluding carboxylic acids is 5. The van der Waals surface area contributed by atoms with Crippen molar-refractivity contribution < 1.29 is 37.5 Å². The van der Waals surface area contributed by atoms with Gasteiger partial charge in [-0.15, -0.1) is 0 Å². The quantitative estimate of drug-likeness (QED) is 0.120.